The van der Waals surface area contributed by atoms with Gasteiger partial charge in [0.2, 0.25) is 0 Å². The van der Waals surface area contributed by atoms with E-state index in [-0.39, 0.29) is 0 Å². The van der Waals surface area contributed by atoms with Gasteiger partial charge in [0.25, 0.3) is 0 Å². The molecular weight excluding hydrogens is 180 g/mol. The highest BCUT2D eigenvalue weighted by molar-refractivity contribution is 5.72. The van der Waals surface area contributed by atoms with Crippen molar-refractivity contribution >= 4 is 17.7 Å². The largest absolute Gasteiger partial charge is 0.0991 e. The Hall–Kier alpha value is -1.82. The van der Waals surface area contributed by atoms with Crippen molar-refractivity contribution in [3.63, 3.8) is 0 Å². The lowest BCUT2D eigenvalue weighted by Gasteiger charge is -2.05. The van der Waals surface area contributed by atoms with Crippen molar-refractivity contribution in [2.24, 2.45) is 0 Å². The third-order valence-electron chi connectivity index (χ3n) is 2.35. The molecule has 0 aliphatic heterocycles. The highest BCUT2D eigenvalue weighted by atomic mass is 14.0. The van der Waals surface area contributed by atoms with E-state index in [1.807, 2.05) is 18.2 Å². The average molecular weight is 196 g/mol. The van der Waals surface area contributed by atoms with E-state index in [0.717, 1.165) is 11.1 Å². The molecule has 1 rings (SSSR count). The van der Waals surface area contributed by atoms with Crippen molar-refractivity contribution in [2.45, 2.75) is 6.92 Å². The van der Waals surface area contributed by atoms with Crippen molar-refractivity contribution in [1.29, 1.82) is 0 Å². The Labute approximate surface area is 92.0 Å². The van der Waals surface area contributed by atoms with Gasteiger partial charge in [-0.05, 0) is 35.3 Å². The van der Waals surface area contributed by atoms with Gasteiger partial charge in [0.15, 0.2) is 0 Å². The van der Waals surface area contributed by atoms with Gasteiger partial charge >= 0.3 is 0 Å². The first kappa shape index (κ1) is 11.3. The van der Waals surface area contributed by atoms with Crippen molar-refractivity contribution < 1.29 is 0 Å². The zero-order chi connectivity index (χ0) is 11.3. The highest BCUT2D eigenvalue weighted by Crippen LogP contribution is 2.20. The Bertz CT molecular complexity index is 420. The number of rotatable bonds is 4. The Balaban J connectivity index is 3.24. The summed E-state index contributed by atoms with van der Waals surface area (Å²) in [4.78, 5) is 0. The number of hydrogen-bond acceptors (Lipinski definition) is 0. The van der Waals surface area contributed by atoms with Crippen LogP contribution in [0.5, 0.6) is 0 Å². The lowest BCUT2D eigenvalue weighted by Crippen LogP contribution is -1.85. The molecule has 15 heavy (non-hydrogen) atoms. The maximum absolute atomic E-state index is 3.80. The molecular formula is C15H16. The fraction of sp³-hybridized carbons (Fsp3) is 0.0667. The average Bonchev–Trinajstić information content (AvgIpc) is 2.28. The summed E-state index contributed by atoms with van der Waals surface area (Å²) in [5.41, 5.74) is 4.61. The second-order valence-electron chi connectivity index (χ2n) is 3.34. The van der Waals surface area contributed by atoms with Gasteiger partial charge in [-0.1, -0.05) is 56.2 Å². The molecule has 0 radical (unpaired) electrons. The number of benzene rings is 1. The summed E-state index contributed by atoms with van der Waals surface area (Å²) in [5, 5.41) is 0. The summed E-state index contributed by atoms with van der Waals surface area (Å²) in [6.45, 7) is 13.3. The molecule has 0 N–H and O–H groups in total. The van der Waals surface area contributed by atoms with Crippen LogP contribution < -0.4 is 0 Å². The quantitative estimate of drug-likeness (QED) is 0.619. The normalized spacial score (nSPS) is 10.9. The summed E-state index contributed by atoms with van der Waals surface area (Å²) in [7, 11) is 0. The van der Waals surface area contributed by atoms with Crippen LogP contribution in [0, 0.1) is 0 Å². The standard InChI is InChI=1S/C15H16/c1-5-8-12(4)15-10-9-13(6-2)14(7-3)11-15/h5-11H,1-3H2,4H3/b12-8+. The molecule has 0 heteroatoms. The van der Waals surface area contributed by atoms with E-state index in [1.165, 1.54) is 11.1 Å². The smallest absolute Gasteiger partial charge is 0.0184 e. The molecule has 0 aliphatic carbocycles. The first-order valence-electron chi connectivity index (χ1n) is 4.91. The van der Waals surface area contributed by atoms with Crippen LogP contribution >= 0.6 is 0 Å². The lowest BCUT2D eigenvalue weighted by molar-refractivity contribution is 1.53. The van der Waals surface area contributed by atoms with Crippen LogP contribution in [0.4, 0.5) is 0 Å². The molecule has 0 bridgehead atoms. The molecule has 1 aromatic carbocycles. The molecule has 0 saturated heterocycles. The predicted molar refractivity (Wildman–Crippen MR) is 70.5 cm³/mol. The minimum atomic E-state index is 1.11. The fourth-order valence-electron chi connectivity index (χ4n) is 1.46. The van der Waals surface area contributed by atoms with E-state index in [1.54, 1.807) is 6.08 Å². The number of hydrogen-bond donors (Lipinski definition) is 0. The monoisotopic (exact) mass is 196 g/mol. The molecule has 0 spiro atoms. The van der Waals surface area contributed by atoms with E-state index in [2.05, 4.69) is 44.9 Å². The Morgan fingerprint density at radius 1 is 1.07 bits per heavy atom. The van der Waals surface area contributed by atoms with E-state index in [9.17, 15) is 0 Å². The van der Waals surface area contributed by atoms with Crippen LogP contribution in [0.1, 0.15) is 23.6 Å². The molecule has 0 atom stereocenters. The summed E-state index contributed by atoms with van der Waals surface area (Å²) < 4.78 is 0. The van der Waals surface area contributed by atoms with Crippen LogP contribution in [-0.4, -0.2) is 0 Å². The van der Waals surface area contributed by atoms with Gasteiger partial charge in [-0.15, -0.1) is 0 Å². The topological polar surface area (TPSA) is 0 Å². The molecule has 0 heterocycles. The van der Waals surface area contributed by atoms with Gasteiger partial charge < -0.3 is 0 Å². The lowest BCUT2D eigenvalue weighted by atomic mass is 9.99. The van der Waals surface area contributed by atoms with Crippen LogP contribution in [0.2, 0.25) is 0 Å². The van der Waals surface area contributed by atoms with Gasteiger partial charge in [0, 0.05) is 0 Å². The minimum absolute atomic E-state index is 1.11. The Kier molecular flexibility index (Phi) is 3.87. The molecule has 0 amide bonds. The maximum Gasteiger partial charge on any atom is -0.0184 e. The summed E-state index contributed by atoms with van der Waals surface area (Å²) >= 11 is 0. The molecule has 76 valence electrons. The summed E-state index contributed by atoms with van der Waals surface area (Å²) in [6, 6.07) is 6.25. The third kappa shape index (κ3) is 2.57. The summed E-state index contributed by atoms with van der Waals surface area (Å²) in [6.07, 6.45) is 7.48. The predicted octanol–water partition coefficient (Wildman–Crippen LogP) is 4.56. The Morgan fingerprint density at radius 3 is 2.27 bits per heavy atom. The second kappa shape index (κ2) is 5.16. The van der Waals surface area contributed by atoms with Crippen molar-refractivity contribution in [1.82, 2.24) is 0 Å². The number of allylic oxidation sites excluding steroid dienone is 3. The van der Waals surface area contributed by atoms with Crippen LogP contribution in [0.25, 0.3) is 17.7 Å². The van der Waals surface area contributed by atoms with Gasteiger partial charge in [0.1, 0.15) is 0 Å². The second-order valence-corrected chi connectivity index (χ2v) is 3.34. The van der Waals surface area contributed by atoms with E-state index in [0.29, 0.717) is 0 Å². The van der Waals surface area contributed by atoms with Gasteiger partial charge in [-0.2, -0.15) is 0 Å². The third-order valence-corrected chi connectivity index (χ3v) is 2.35. The molecule has 0 saturated carbocycles. The first-order valence-corrected chi connectivity index (χ1v) is 4.91. The van der Waals surface area contributed by atoms with Crippen molar-refractivity contribution in [3.8, 4) is 0 Å². The van der Waals surface area contributed by atoms with Crippen LogP contribution in [0.15, 0.2) is 50.1 Å². The highest BCUT2D eigenvalue weighted by Gasteiger charge is 1.99. The van der Waals surface area contributed by atoms with E-state index >= 15 is 0 Å². The summed E-state index contributed by atoms with van der Waals surface area (Å²) in [5.74, 6) is 0. The van der Waals surface area contributed by atoms with Gasteiger partial charge in [0.05, 0.1) is 0 Å². The SMILES string of the molecule is C=C/C=C(\C)c1ccc(C=C)c(C=C)c1. The van der Waals surface area contributed by atoms with Crippen molar-refractivity contribution in [3.05, 3.63) is 66.8 Å². The maximum atomic E-state index is 3.80. The molecule has 0 fully saturated rings. The fourth-order valence-corrected chi connectivity index (χ4v) is 1.46. The van der Waals surface area contributed by atoms with Gasteiger partial charge in [-0.3, -0.25) is 0 Å². The van der Waals surface area contributed by atoms with Gasteiger partial charge in [-0.25, -0.2) is 0 Å². The Morgan fingerprint density at radius 2 is 1.73 bits per heavy atom. The first-order chi connectivity index (χ1) is 7.22. The van der Waals surface area contributed by atoms with E-state index < -0.39 is 0 Å². The van der Waals surface area contributed by atoms with E-state index in [4.69, 9.17) is 0 Å². The zero-order valence-electron chi connectivity index (χ0n) is 9.16. The minimum Gasteiger partial charge on any atom is -0.0991 e. The molecule has 0 aromatic heterocycles. The van der Waals surface area contributed by atoms with Crippen LogP contribution in [-0.2, 0) is 0 Å². The van der Waals surface area contributed by atoms with Crippen molar-refractivity contribution in [2.75, 3.05) is 0 Å². The molecule has 0 aliphatic rings. The molecule has 0 nitrogen and oxygen atoms in total. The zero-order valence-corrected chi connectivity index (χ0v) is 9.16. The van der Waals surface area contributed by atoms with Crippen LogP contribution in [0.3, 0.4) is 0 Å². The molecule has 0 unspecified atom stereocenters. The molecule has 1 aromatic rings.